The molecule has 1 saturated heterocycles. The molecule has 2 unspecified atom stereocenters. The summed E-state index contributed by atoms with van der Waals surface area (Å²) in [5.41, 5.74) is 1.01. The van der Waals surface area contributed by atoms with Crippen molar-refractivity contribution in [1.82, 2.24) is 0 Å². The van der Waals surface area contributed by atoms with Gasteiger partial charge >= 0.3 is 0 Å². The van der Waals surface area contributed by atoms with Crippen LogP contribution in [-0.2, 0) is 9.47 Å². The minimum absolute atomic E-state index is 0.142. The zero-order valence-electron chi connectivity index (χ0n) is 10.7. The number of hydrogen-bond acceptors (Lipinski definition) is 4. The van der Waals surface area contributed by atoms with E-state index in [2.05, 4.69) is 0 Å². The molecule has 0 radical (unpaired) electrons. The third kappa shape index (κ3) is 3.45. The lowest BCUT2D eigenvalue weighted by atomic mass is 10.2. The van der Waals surface area contributed by atoms with E-state index in [9.17, 15) is 0 Å². The highest BCUT2D eigenvalue weighted by atomic mass is 16.7. The summed E-state index contributed by atoms with van der Waals surface area (Å²) in [6.45, 7) is 0.873. The van der Waals surface area contributed by atoms with Crippen LogP contribution in [0.5, 0.6) is 5.75 Å². The molecule has 1 aromatic carbocycles. The zero-order valence-corrected chi connectivity index (χ0v) is 10.7. The van der Waals surface area contributed by atoms with Crippen LogP contribution in [0, 0.1) is 0 Å². The Bertz CT molecular complexity index is 349. The molecule has 4 heteroatoms. The minimum Gasteiger partial charge on any atom is -0.497 e. The second-order valence-electron chi connectivity index (χ2n) is 4.42. The summed E-state index contributed by atoms with van der Waals surface area (Å²) in [6.07, 6.45) is 2.61. The van der Waals surface area contributed by atoms with Gasteiger partial charge in [-0.3, -0.25) is 0 Å². The highest BCUT2D eigenvalue weighted by Crippen LogP contribution is 2.29. The van der Waals surface area contributed by atoms with Crippen molar-refractivity contribution in [2.75, 3.05) is 20.3 Å². The fourth-order valence-corrected chi connectivity index (χ4v) is 2.02. The lowest BCUT2D eigenvalue weighted by Gasteiger charge is -2.12. The van der Waals surface area contributed by atoms with Gasteiger partial charge in [0, 0.05) is 12.2 Å². The summed E-state index contributed by atoms with van der Waals surface area (Å²) in [7, 11) is 1.65. The summed E-state index contributed by atoms with van der Waals surface area (Å²) >= 11 is 0. The number of hydrogen-bond donors (Lipinski definition) is 1. The van der Waals surface area contributed by atoms with Gasteiger partial charge in [0.2, 0.25) is 0 Å². The quantitative estimate of drug-likeness (QED) is 0.789. The summed E-state index contributed by atoms with van der Waals surface area (Å²) in [5.74, 6) is 0.830. The van der Waals surface area contributed by atoms with Crippen LogP contribution in [0.2, 0.25) is 0 Å². The van der Waals surface area contributed by atoms with Gasteiger partial charge in [0.1, 0.15) is 5.75 Å². The van der Waals surface area contributed by atoms with Crippen LogP contribution in [0.15, 0.2) is 24.3 Å². The van der Waals surface area contributed by atoms with Crippen LogP contribution in [0.1, 0.15) is 31.1 Å². The average Bonchev–Trinajstić information content (AvgIpc) is 2.88. The molecular formula is C14H20O4. The number of benzene rings is 1. The molecule has 100 valence electrons. The van der Waals surface area contributed by atoms with Gasteiger partial charge in [0.05, 0.1) is 19.8 Å². The van der Waals surface area contributed by atoms with Gasteiger partial charge in [-0.15, -0.1) is 0 Å². The molecule has 1 aliphatic rings. The van der Waals surface area contributed by atoms with Crippen LogP contribution < -0.4 is 4.74 Å². The standard InChI is InChI=1S/C14H20O4/c1-16-12-7-5-11(6-8-12)14-17-10-13(18-14)4-2-3-9-15/h5-8,13-15H,2-4,9-10H2,1H3. The molecule has 0 bridgehead atoms. The molecule has 2 atom stereocenters. The van der Waals surface area contributed by atoms with Crippen LogP contribution in [0.25, 0.3) is 0 Å². The molecule has 0 saturated carbocycles. The number of aliphatic hydroxyl groups excluding tert-OH is 1. The number of rotatable bonds is 6. The van der Waals surface area contributed by atoms with E-state index >= 15 is 0 Å². The molecule has 1 N–H and O–H groups in total. The lowest BCUT2D eigenvalue weighted by molar-refractivity contribution is -0.0614. The second-order valence-corrected chi connectivity index (χ2v) is 4.42. The van der Waals surface area contributed by atoms with Crippen LogP contribution in [0.4, 0.5) is 0 Å². The van der Waals surface area contributed by atoms with Gasteiger partial charge in [-0.05, 0) is 31.4 Å². The largest absolute Gasteiger partial charge is 0.497 e. The molecule has 1 aromatic rings. The topological polar surface area (TPSA) is 47.9 Å². The normalized spacial score (nSPS) is 23.2. The number of ether oxygens (including phenoxy) is 3. The van der Waals surface area contributed by atoms with Crippen LogP contribution in [-0.4, -0.2) is 31.5 Å². The Morgan fingerprint density at radius 3 is 2.72 bits per heavy atom. The van der Waals surface area contributed by atoms with E-state index in [1.54, 1.807) is 7.11 Å². The van der Waals surface area contributed by atoms with E-state index in [4.69, 9.17) is 19.3 Å². The Kier molecular flexibility index (Phi) is 4.99. The molecule has 1 fully saturated rings. The summed E-state index contributed by atoms with van der Waals surface area (Å²) in [4.78, 5) is 0. The van der Waals surface area contributed by atoms with Gasteiger partial charge in [0.25, 0.3) is 0 Å². The zero-order chi connectivity index (χ0) is 12.8. The van der Waals surface area contributed by atoms with E-state index in [-0.39, 0.29) is 19.0 Å². The molecule has 1 aliphatic heterocycles. The van der Waals surface area contributed by atoms with Crippen molar-refractivity contribution in [3.8, 4) is 5.75 Å². The van der Waals surface area contributed by atoms with E-state index < -0.39 is 0 Å². The van der Waals surface area contributed by atoms with Crippen LogP contribution in [0.3, 0.4) is 0 Å². The molecule has 0 aliphatic carbocycles. The van der Waals surface area contributed by atoms with E-state index in [0.29, 0.717) is 6.61 Å². The fourth-order valence-electron chi connectivity index (χ4n) is 2.02. The van der Waals surface area contributed by atoms with E-state index in [1.165, 1.54) is 0 Å². The van der Waals surface area contributed by atoms with Crippen molar-refractivity contribution >= 4 is 0 Å². The fraction of sp³-hybridized carbons (Fsp3) is 0.571. The summed E-state index contributed by atoms with van der Waals surface area (Å²) in [6, 6.07) is 7.72. The third-order valence-corrected chi connectivity index (χ3v) is 3.07. The lowest BCUT2D eigenvalue weighted by Crippen LogP contribution is -2.09. The Hall–Kier alpha value is -1.10. The summed E-state index contributed by atoms with van der Waals surface area (Å²) in [5, 5.41) is 8.74. The molecule has 0 amide bonds. The van der Waals surface area contributed by atoms with Gasteiger partial charge in [-0.2, -0.15) is 0 Å². The smallest absolute Gasteiger partial charge is 0.184 e. The summed E-state index contributed by atoms with van der Waals surface area (Å²) < 4.78 is 16.6. The van der Waals surface area contributed by atoms with Crippen LogP contribution >= 0.6 is 0 Å². The van der Waals surface area contributed by atoms with Gasteiger partial charge < -0.3 is 19.3 Å². The minimum atomic E-state index is -0.268. The number of aliphatic hydroxyl groups is 1. The molecule has 1 heterocycles. The highest BCUT2D eigenvalue weighted by molar-refractivity contribution is 5.28. The van der Waals surface area contributed by atoms with Crippen molar-refractivity contribution in [2.45, 2.75) is 31.7 Å². The maximum Gasteiger partial charge on any atom is 0.184 e. The predicted octanol–water partition coefficient (Wildman–Crippen LogP) is 2.27. The molecular weight excluding hydrogens is 232 g/mol. The Morgan fingerprint density at radius 2 is 2.06 bits per heavy atom. The molecule has 2 rings (SSSR count). The Morgan fingerprint density at radius 1 is 1.28 bits per heavy atom. The molecule has 0 aromatic heterocycles. The number of methoxy groups -OCH3 is 1. The van der Waals surface area contributed by atoms with Crippen molar-refractivity contribution in [1.29, 1.82) is 0 Å². The third-order valence-electron chi connectivity index (χ3n) is 3.07. The first-order valence-electron chi connectivity index (χ1n) is 6.35. The van der Waals surface area contributed by atoms with E-state index in [0.717, 1.165) is 30.6 Å². The monoisotopic (exact) mass is 252 g/mol. The Balaban J connectivity index is 1.83. The Labute approximate surface area is 107 Å². The first-order chi connectivity index (χ1) is 8.83. The average molecular weight is 252 g/mol. The second kappa shape index (κ2) is 6.73. The highest BCUT2D eigenvalue weighted by Gasteiger charge is 2.26. The first-order valence-corrected chi connectivity index (χ1v) is 6.35. The van der Waals surface area contributed by atoms with Crippen molar-refractivity contribution in [3.63, 3.8) is 0 Å². The van der Waals surface area contributed by atoms with Crippen molar-refractivity contribution in [2.24, 2.45) is 0 Å². The van der Waals surface area contributed by atoms with Gasteiger partial charge in [-0.1, -0.05) is 12.1 Å². The SMILES string of the molecule is COc1ccc(C2OCC(CCCCO)O2)cc1. The van der Waals surface area contributed by atoms with E-state index in [1.807, 2.05) is 24.3 Å². The first kappa shape index (κ1) is 13.3. The van der Waals surface area contributed by atoms with Crippen molar-refractivity contribution < 1.29 is 19.3 Å². The molecule has 18 heavy (non-hydrogen) atoms. The molecule has 0 spiro atoms. The van der Waals surface area contributed by atoms with Gasteiger partial charge in [0.15, 0.2) is 6.29 Å². The maximum absolute atomic E-state index is 8.74. The van der Waals surface area contributed by atoms with Crippen molar-refractivity contribution in [3.05, 3.63) is 29.8 Å². The number of unbranched alkanes of at least 4 members (excludes halogenated alkanes) is 1. The predicted molar refractivity (Wildman–Crippen MR) is 67.5 cm³/mol. The van der Waals surface area contributed by atoms with Gasteiger partial charge in [-0.25, -0.2) is 0 Å². The maximum atomic E-state index is 8.74. The molecule has 4 nitrogen and oxygen atoms in total.